The highest BCUT2D eigenvalue weighted by atomic mass is 16.5. The fourth-order valence-electron chi connectivity index (χ4n) is 3.16. The summed E-state index contributed by atoms with van der Waals surface area (Å²) < 4.78 is 5.33. The maximum Gasteiger partial charge on any atom is 0.313 e. The summed E-state index contributed by atoms with van der Waals surface area (Å²) >= 11 is 0. The summed E-state index contributed by atoms with van der Waals surface area (Å²) in [7, 11) is 1.52. The maximum absolute atomic E-state index is 12.3. The van der Waals surface area contributed by atoms with Crippen molar-refractivity contribution in [2.24, 2.45) is 0 Å². The molecule has 146 valence electrons. The molecule has 3 rings (SSSR count). The van der Waals surface area contributed by atoms with Crippen LogP contribution in [0.5, 0.6) is 5.75 Å². The first-order valence-electron chi connectivity index (χ1n) is 9.15. The SMILES string of the molecule is COc1ccc(NC(=O)C(=O)NC(C)c2ccccc2)cc1N1CCCC1=O. The second-order valence-electron chi connectivity index (χ2n) is 6.60. The van der Waals surface area contributed by atoms with Gasteiger partial charge in [0.25, 0.3) is 0 Å². The molecule has 2 aromatic rings. The van der Waals surface area contributed by atoms with Gasteiger partial charge in [-0.25, -0.2) is 0 Å². The van der Waals surface area contributed by atoms with E-state index in [1.165, 1.54) is 7.11 Å². The average Bonchev–Trinajstić information content (AvgIpc) is 3.14. The van der Waals surface area contributed by atoms with E-state index in [4.69, 9.17) is 4.74 Å². The lowest BCUT2D eigenvalue weighted by atomic mass is 10.1. The zero-order valence-corrected chi connectivity index (χ0v) is 15.9. The summed E-state index contributed by atoms with van der Waals surface area (Å²) in [5.41, 5.74) is 1.91. The lowest BCUT2D eigenvalue weighted by molar-refractivity contribution is -0.136. The van der Waals surface area contributed by atoms with Gasteiger partial charge in [-0.1, -0.05) is 30.3 Å². The molecule has 7 nitrogen and oxygen atoms in total. The van der Waals surface area contributed by atoms with E-state index < -0.39 is 11.8 Å². The van der Waals surface area contributed by atoms with Crippen LogP contribution in [0.4, 0.5) is 11.4 Å². The van der Waals surface area contributed by atoms with Crippen LogP contribution in [0.15, 0.2) is 48.5 Å². The Labute approximate surface area is 163 Å². The number of amides is 3. The fraction of sp³-hybridized carbons (Fsp3) is 0.286. The average molecular weight is 381 g/mol. The molecule has 0 aromatic heterocycles. The molecule has 2 aromatic carbocycles. The van der Waals surface area contributed by atoms with Gasteiger partial charge in [0.05, 0.1) is 18.8 Å². The number of nitrogens with one attached hydrogen (secondary N) is 2. The first-order chi connectivity index (χ1) is 13.5. The highest BCUT2D eigenvalue weighted by Crippen LogP contribution is 2.34. The molecule has 1 heterocycles. The quantitative estimate of drug-likeness (QED) is 0.780. The highest BCUT2D eigenvalue weighted by Gasteiger charge is 2.25. The zero-order valence-electron chi connectivity index (χ0n) is 15.9. The van der Waals surface area contributed by atoms with Gasteiger partial charge < -0.3 is 20.3 Å². The molecular formula is C21H23N3O4. The van der Waals surface area contributed by atoms with Crippen molar-refractivity contribution in [2.75, 3.05) is 23.9 Å². The summed E-state index contributed by atoms with van der Waals surface area (Å²) in [5.74, 6) is -0.954. The molecule has 0 radical (unpaired) electrons. The first-order valence-corrected chi connectivity index (χ1v) is 9.15. The Hall–Kier alpha value is -3.35. The number of hydrogen-bond acceptors (Lipinski definition) is 4. The first kappa shape index (κ1) is 19.4. The van der Waals surface area contributed by atoms with Gasteiger partial charge in [-0.05, 0) is 37.1 Å². The van der Waals surface area contributed by atoms with Crippen molar-refractivity contribution in [1.29, 1.82) is 0 Å². The van der Waals surface area contributed by atoms with Gasteiger partial charge >= 0.3 is 11.8 Å². The third kappa shape index (κ3) is 4.31. The van der Waals surface area contributed by atoms with Crippen molar-refractivity contribution in [2.45, 2.75) is 25.8 Å². The molecule has 1 saturated heterocycles. The summed E-state index contributed by atoms with van der Waals surface area (Å²) in [4.78, 5) is 38.2. The standard InChI is InChI=1S/C21H23N3O4/c1-14(15-7-4-3-5-8-15)22-20(26)21(27)23-16-10-11-18(28-2)17(13-16)24-12-6-9-19(24)25/h3-5,7-8,10-11,13-14H,6,9,12H2,1-2H3,(H,22,26)(H,23,27). The minimum Gasteiger partial charge on any atom is -0.495 e. The molecule has 1 atom stereocenters. The molecular weight excluding hydrogens is 358 g/mol. The van der Waals surface area contributed by atoms with Crippen LogP contribution in [-0.4, -0.2) is 31.4 Å². The largest absolute Gasteiger partial charge is 0.495 e. The lowest BCUT2D eigenvalue weighted by Crippen LogP contribution is -2.37. The van der Waals surface area contributed by atoms with Gasteiger partial charge in [-0.15, -0.1) is 0 Å². The van der Waals surface area contributed by atoms with Crippen LogP contribution in [0.2, 0.25) is 0 Å². The smallest absolute Gasteiger partial charge is 0.313 e. The Balaban J connectivity index is 1.69. The molecule has 0 spiro atoms. The predicted molar refractivity (Wildman–Crippen MR) is 106 cm³/mol. The third-order valence-electron chi connectivity index (χ3n) is 4.65. The van der Waals surface area contributed by atoms with E-state index in [9.17, 15) is 14.4 Å². The van der Waals surface area contributed by atoms with Gasteiger partial charge in [-0.2, -0.15) is 0 Å². The van der Waals surface area contributed by atoms with Gasteiger partial charge in [0, 0.05) is 18.7 Å². The summed E-state index contributed by atoms with van der Waals surface area (Å²) in [6.45, 7) is 2.41. The van der Waals surface area contributed by atoms with E-state index in [1.54, 1.807) is 23.1 Å². The number of hydrogen-bond donors (Lipinski definition) is 2. The Morgan fingerprint density at radius 3 is 2.50 bits per heavy atom. The molecule has 28 heavy (non-hydrogen) atoms. The number of ether oxygens (including phenoxy) is 1. The van der Waals surface area contributed by atoms with Crippen LogP contribution in [0.3, 0.4) is 0 Å². The molecule has 1 aliphatic heterocycles. The monoisotopic (exact) mass is 381 g/mol. The van der Waals surface area contributed by atoms with Gasteiger partial charge in [-0.3, -0.25) is 14.4 Å². The summed E-state index contributed by atoms with van der Waals surface area (Å²) in [6, 6.07) is 14.0. The number of anilines is 2. The molecule has 1 unspecified atom stereocenters. The van der Waals surface area contributed by atoms with Gasteiger partial charge in [0.2, 0.25) is 5.91 Å². The van der Waals surface area contributed by atoms with Crippen molar-refractivity contribution in [3.63, 3.8) is 0 Å². The summed E-state index contributed by atoms with van der Waals surface area (Å²) in [5, 5.41) is 5.26. The van der Waals surface area contributed by atoms with Crippen molar-refractivity contribution < 1.29 is 19.1 Å². The highest BCUT2D eigenvalue weighted by molar-refractivity contribution is 6.39. The minimum absolute atomic E-state index is 0.0104. The Kier molecular flexibility index (Phi) is 5.93. The number of carbonyl (C=O) groups is 3. The second kappa shape index (κ2) is 8.56. The second-order valence-corrected chi connectivity index (χ2v) is 6.60. The van der Waals surface area contributed by atoms with Crippen LogP contribution < -0.4 is 20.3 Å². The minimum atomic E-state index is -0.772. The molecule has 0 bridgehead atoms. The van der Waals surface area contributed by atoms with Crippen LogP contribution in [0.1, 0.15) is 31.4 Å². The molecule has 0 saturated carbocycles. The number of nitrogens with zero attached hydrogens (tertiary/aromatic N) is 1. The fourth-order valence-corrected chi connectivity index (χ4v) is 3.16. The Bertz CT molecular complexity index is 882. The maximum atomic E-state index is 12.3. The molecule has 7 heteroatoms. The van der Waals surface area contributed by atoms with Crippen molar-refractivity contribution >= 4 is 29.1 Å². The molecule has 2 N–H and O–H groups in total. The molecule has 1 aliphatic rings. The van der Waals surface area contributed by atoms with Crippen molar-refractivity contribution in [1.82, 2.24) is 5.32 Å². The topological polar surface area (TPSA) is 87.7 Å². The van der Waals surface area contributed by atoms with E-state index in [0.29, 0.717) is 30.1 Å². The Morgan fingerprint density at radius 2 is 1.86 bits per heavy atom. The Morgan fingerprint density at radius 1 is 1.11 bits per heavy atom. The van der Waals surface area contributed by atoms with E-state index in [0.717, 1.165) is 12.0 Å². The van der Waals surface area contributed by atoms with E-state index in [1.807, 2.05) is 37.3 Å². The lowest BCUT2D eigenvalue weighted by Gasteiger charge is -2.20. The number of methoxy groups -OCH3 is 1. The van der Waals surface area contributed by atoms with Crippen molar-refractivity contribution in [3.05, 3.63) is 54.1 Å². The van der Waals surface area contributed by atoms with Crippen LogP contribution in [-0.2, 0) is 14.4 Å². The number of rotatable bonds is 5. The van der Waals surface area contributed by atoms with Crippen molar-refractivity contribution in [3.8, 4) is 5.75 Å². The van der Waals surface area contributed by atoms with Crippen LogP contribution in [0.25, 0.3) is 0 Å². The number of carbonyl (C=O) groups excluding carboxylic acids is 3. The van der Waals surface area contributed by atoms with Crippen LogP contribution in [0, 0.1) is 0 Å². The summed E-state index contributed by atoms with van der Waals surface area (Å²) in [6.07, 6.45) is 1.26. The zero-order chi connectivity index (χ0) is 20.1. The molecule has 1 fully saturated rings. The number of benzene rings is 2. The van der Waals surface area contributed by atoms with E-state index >= 15 is 0 Å². The molecule has 0 aliphatic carbocycles. The van der Waals surface area contributed by atoms with Gasteiger partial charge in [0.1, 0.15) is 5.75 Å². The van der Waals surface area contributed by atoms with Crippen LogP contribution >= 0.6 is 0 Å². The van der Waals surface area contributed by atoms with Gasteiger partial charge in [0.15, 0.2) is 0 Å². The van der Waals surface area contributed by atoms with E-state index in [2.05, 4.69) is 10.6 Å². The normalized spacial score (nSPS) is 14.5. The third-order valence-corrected chi connectivity index (χ3v) is 4.65. The molecule has 3 amide bonds. The predicted octanol–water partition coefficient (Wildman–Crippen LogP) is 2.64. The van der Waals surface area contributed by atoms with E-state index in [-0.39, 0.29) is 11.9 Å².